The van der Waals surface area contributed by atoms with Crippen LogP contribution in [0.3, 0.4) is 0 Å². The fourth-order valence-corrected chi connectivity index (χ4v) is 3.77. The Bertz CT molecular complexity index is 996. The molecule has 0 saturated carbocycles. The number of nitrogens with one attached hydrogen (secondary N) is 2. The lowest BCUT2D eigenvalue weighted by atomic mass is 10.2. The molecule has 1 fully saturated rings. The molecule has 0 unspecified atom stereocenters. The predicted molar refractivity (Wildman–Crippen MR) is 111 cm³/mol. The van der Waals surface area contributed by atoms with E-state index in [1.54, 1.807) is 0 Å². The van der Waals surface area contributed by atoms with Crippen molar-refractivity contribution in [3.8, 4) is 6.01 Å². The summed E-state index contributed by atoms with van der Waals surface area (Å²) in [5.41, 5.74) is 1.96. The third-order valence-corrected chi connectivity index (χ3v) is 5.52. The first-order valence-corrected chi connectivity index (χ1v) is 10.6. The molecule has 3 aromatic rings. The number of aromatic amines is 1. The van der Waals surface area contributed by atoms with Crippen LogP contribution in [0, 0.1) is 11.6 Å². The highest BCUT2D eigenvalue weighted by molar-refractivity contribution is 14.1. The Kier molecular flexibility index (Phi) is 6.11. The highest BCUT2D eigenvalue weighted by Gasteiger charge is 2.27. The number of imidazole rings is 1. The summed E-state index contributed by atoms with van der Waals surface area (Å²) in [6.45, 7) is 0.310. The Hall–Kier alpha value is -2.05. The Balaban J connectivity index is 1.53. The van der Waals surface area contributed by atoms with E-state index in [0.717, 1.165) is 5.56 Å². The number of alkyl halides is 1. The van der Waals surface area contributed by atoms with Crippen LogP contribution >= 0.6 is 22.6 Å². The number of aliphatic hydroxyl groups excluding tert-OH is 1. The van der Waals surface area contributed by atoms with E-state index in [4.69, 9.17) is 14.6 Å². The third kappa shape index (κ3) is 4.43. The van der Waals surface area contributed by atoms with E-state index in [9.17, 15) is 8.78 Å². The normalized spacial score (nSPS) is 19.0. The van der Waals surface area contributed by atoms with Crippen LogP contribution in [0.2, 0.25) is 0 Å². The van der Waals surface area contributed by atoms with Crippen LogP contribution in [-0.4, -0.2) is 45.5 Å². The van der Waals surface area contributed by atoms with Crippen LogP contribution in [0.1, 0.15) is 17.5 Å². The average molecular weight is 516 g/mol. The number of nitrogens with zero attached hydrogens (tertiary/aromatic N) is 2. The van der Waals surface area contributed by atoms with Gasteiger partial charge >= 0.3 is 0 Å². The maximum absolute atomic E-state index is 13.9. The molecule has 3 heterocycles. The number of hydrogen-bond donors (Lipinski definition) is 3. The zero-order valence-electron chi connectivity index (χ0n) is 15.3. The molecule has 4 rings (SSSR count). The Morgan fingerprint density at radius 1 is 1.31 bits per heavy atom. The largest absolute Gasteiger partial charge is 0.459 e. The number of hydrogen-bond acceptors (Lipinski definition) is 6. The number of rotatable bonds is 7. The lowest BCUT2D eigenvalue weighted by Crippen LogP contribution is -2.17. The first-order valence-electron chi connectivity index (χ1n) is 9.09. The summed E-state index contributed by atoms with van der Waals surface area (Å²) in [4.78, 5) is 11.9. The van der Waals surface area contributed by atoms with Crippen molar-refractivity contribution >= 4 is 39.6 Å². The van der Waals surface area contributed by atoms with E-state index in [1.807, 2.05) is 6.07 Å². The van der Waals surface area contributed by atoms with E-state index in [1.165, 1.54) is 18.2 Å². The zero-order chi connectivity index (χ0) is 20.4. The fraction of sp³-hybridized carbons (Fsp3) is 0.368. The number of halogens is 3. The van der Waals surface area contributed by atoms with Crippen molar-refractivity contribution < 1.29 is 23.4 Å². The minimum Gasteiger partial charge on any atom is -0.459 e. The van der Waals surface area contributed by atoms with Gasteiger partial charge in [0.05, 0.1) is 24.8 Å². The molecule has 0 aliphatic carbocycles. The molecule has 29 heavy (non-hydrogen) atoms. The molecule has 1 aliphatic rings. The zero-order valence-corrected chi connectivity index (χ0v) is 17.4. The maximum Gasteiger partial charge on any atom is 0.296 e. The molecule has 0 spiro atoms. The van der Waals surface area contributed by atoms with Crippen LogP contribution in [-0.2, 0) is 15.7 Å². The number of benzene rings is 1. The number of aliphatic hydroxyl groups is 1. The Morgan fingerprint density at radius 3 is 2.79 bits per heavy atom. The van der Waals surface area contributed by atoms with E-state index in [0.29, 0.717) is 40.4 Å². The predicted octanol–water partition coefficient (Wildman–Crippen LogP) is 3.31. The van der Waals surface area contributed by atoms with Crippen molar-refractivity contribution in [1.82, 2.24) is 15.0 Å². The van der Waals surface area contributed by atoms with Gasteiger partial charge in [-0.15, -0.1) is 0 Å². The van der Waals surface area contributed by atoms with E-state index in [2.05, 4.69) is 42.9 Å². The molecule has 154 valence electrons. The van der Waals surface area contributed by atoms with Crippen LogP contribution in [0.15, 0.2) is 24.3 Å². The molecule has 2 atom stereocenters. The van der Waals surface area contributed by atoms with Gasteiger partial charge < -0.3 is 24.9 Å². The smallest absolute Gasteiger partial charge is 0.296 e. The molecule has 3 N–H and O–H groups in total. The molecular formula is C19H19F2IN4O3. The second-order valence-corrected chi connectivity index (χ2v) is 7.47. The molecule has 0 radical (unpaired) electrons. The first kappa shape index (κ1) is 20.2. The first-order chi connectivity index (χ1) is 14.1. The molecule has 1 aliphatic heterocycles. The van der Waals surface area contributed by atoms with Gasteiger partial charge in [0.1, 0.15) is 23.6 Å². The molecule has 2 aromatic heterocycles. The molecule has 1 aromatic carbocycles. The van der Waals surface area contributed by atoms with Gasteiger partial charge in [0.25, 0.3) is 6.01 Å². The van der Waals surface area contributed by atoms with Gasteiger partial charge in [0, 0.05) is 28.5 Å². The molecule has 7 nitrogen and oxygen atoms in total. The highest BCUT2D eigenvalue weighted by atomic mass is 127. The monoisotopic (exact) mass is 516 g/mol. The standard InChI is InChI=1S/C19H19F2IN4O3/c20-14-2-1-3-15(21)13(14)7-23-17-10(6-22)4-16-18(25-17)26-19(24-16)29-12-5-11(8-27)28-9-12/h1-4,11-12,27H,5-9H2,(H2,23,24,25,26)/t11-,12-/m0/s1. The van der Waals surface area contributed by atoms with Crippen molar-refractivity contribution in [2.45, 2.75) is 29.6 Å². The van der Waals surface area contributed by atoms with Crippen LogP contribution in [0.25, 0.3) is 11.2 Å². The molecule has 0 amide bonds. The van der Waals surface area contributed by atoms with Crippen molar-refractivity contribution in [3.05, 3.63) is 47.0 Å². The highest BCUT2D eigenvalue weighted by Crippen LogP contribution is 2.26. The van der Waals surface area contributed by atoms with E-state index in [-0.39, 0.29) is 30.9 Å². The summed E-state index contributed by atoms with van der Waals surface area (Å²) >= 11 is 2.20. The molecule has 0 bridgehead atoms. The topological polar surface area (TPSA) is 92.3 Å². The lowest BCUT2D eigenvalue weighted by Gasteiger charge is -2.10. The van der Waals surface area contributed by atoms with Gasteiger partial charge in [-0.3, -0.25) is 0 Å². The summed E-state index contributed by atoms with van der Waals surface area (Å²) in [6, 6.07) is 5.98. The number of ether oxygens (including phenoxy) is 2. The number of pyridine rings is 1. The summed E-state index contributed by atoms with van der Waals surface area (Å²) in [7, 11) is 0. The number of H-pyrrole nitrogens is 1. The lowest BCUT2D eigenvalue weighted by molar-refractivity contribution is 0.0528. The van der Waals surface area contributed by atoms with Gasteiger partial charge in [0.15, 0.2) is 5.65 Å². The van der Waals surface area contributed by atoms with E-state index >= 15 is 0 Å². The summed E-state index contributed by atoms with van der Waals surface area (Å²) in [5.74, 6) is -0.702. The Labute approximate surface area is 179 Å². The van der Waals surface area contributed by atoms with Gasteiger partial charge in [0.2, 0.25) is 0 Å². The fourth-order valence-electron chi connectivity index (χ4n) is 3.19. The molecular weight excluding hydrogens is 497 g/mol. The van der Waals surface area contributed by atoms with Crippen molar-refractivity contribution in [2.75, 3.05) is 18.5 Å². The van der Waals surface area contributed by atoms with Gasteiger partial charge in [-0.2, -0.15) is 4.98 Å². The Morgan fingerprint density at radius 2 is 2.10 bits per heavy atom. The molecule has 1 saturated heterocycles. The summed E-state index contributed by atoms with van der Waals surface area (Å²) in [6.07, 6.45) is 0.169. The molecule has 10 heteroatoms. The van der Waals surface area contributed by atoms with Crippen LogP contribution < -0.4 is 10.1 Å². The van der Waals surface area contributed by atoms with Crippen molar-refractivity contribution in [3.63, 3.8) is 0 Å². The third-order valence-electron chi connectivity index (χ3n) is 4.69. The second-order valence-electron chi connectivity index (χ2n) is 6.71. The number of fused-ring (bicyclic) bond motifs is 1. The van der Waals surface area contributed by atoms with Gasteiger partial charge in [-0.1, -0.05) is 28.7 Å². The van der Waals surface area contributed by atoms with Crippen LogP contribution in [0.5, 0.6) is 6.01 Å². The van der Waals surface area contributed by atoms with E-state index < -0.39 is 11.6 Å². The summed E-state index contributed by atoms with van der Waals surface area (Å²) in [5, 5.41) is 12.2. The van der Waals surface area contributed by atoms with Crippen molar-refractivity contribution in [2.24, 2.45) is 0 Å². The second kappa shape index (κ2) is 8.76. The SMILES string of the molecule is OC[C@@H]1C[C@H](Oc2nc3nc(NCc4c(F)cccc4F)c(CI)cc3[nH]2)CO1. The summed E-state index contributed by atoms with van der Waals surface area (Å²) < 4.78 is 39.6. The van der Waals surface area contributed by atoms with Gasteiger partial charge in [-0.05, 0) is 18.2 Å². The number of anilines is 1. The van der Waals surface area contributed by atoms with Crippen molar-refractivity contribution in [1.29, 1.82) is 0 Å². The van der Waals surface area contributed by atoms with Crippen LogP contribution in [0.4, 0.5) is 14.6 Å². The maximum atomic E-state index is 13.9. The van der Waals surface area contributed by atoms with Gasteiger partial charge in [-0.25, -0.2) is 13.8 Å². The number of aromatic nitrogens is 3. The minimum atomic E-state index is -0.606. The quantitative estimate of drug-likeness (QED) is 0.330. The minimum absolute atomic E-state index is 0.0314. The average Bonchev–Trinajstić information content (AvgIpc) is 3.32.